The molecule has 1 unspecified atom stereocenters. The average Bonchev–Trinajstić information content (AvgIpc) is 2.45. The summed E-state index contributed by atoms with van der Waals surface area (Å²) < 4.78 is 0. The van der Waals surface area contributed by atoms with Crippen molar-refractivity contribution in [3.8, 4) is 0 Å². The number of hydrogen-bond donors (Lipinski definition) is 2. The van der Waals surface area contributed by atoms with Crippen LogP contribution in [0.2, 0.25) is 0 Å². The minimum atomic E-state index is -0.949. The maximum atomic E-state index is 11.2. The Labute approximate surface area is 122 Å². The first-order valence-electron chi connectivity index (χ1n) is 6.58. The van der Waals surface area contributed by atoms with E-state index in [9.17, 15) is 9.90 Å². The molecule has 2 N–H and O–H groups in total. The van der Waals surface area contributed by atoms with E-state index in [1.165, 1.54) is 6.20 Å². The molecule has 20 heavy (non-hydrogen) atoms. The quantitative estimate of drug-likeness (QED) is 0.852. The van der Waals surface area contributed by atoms with E-state index in [4.69, 9.17) is 0 Å². The van der Waals surface area contributed by atoms with Gasteiger partial charge in [-0.2, -0.15) is 11.8 Å². The number of hydrogen-bond acceptors (Lipinski definition) is 4. The van der Waals surface area contributed by atoms with Crippen molar-refractivity contribution >= 4 is 34.3 Å². The van der Waals surface area contributed by atoms with Crippen LogP contribution in [0.3, 0.4) is 0 Å². The molecule has 0 spiro atoms. The Balaban J connectivity index is 2.35. The summed E-state index contributed by atoms with van der Waals surface area (Å²) in [6.07, 6.45) is 1.42. The number of carbonyl (C=O) groups is 1. The Kier molecular flexibility index (Phi) is 4.84. The molecule has 0 bridgehead atoms. The van der Waals surface area contributed by atoms with Crippen LogP contribution in [-0.4, -0.2) is 33.6 Å². The zero-order valence-electron chi connectivity index (χ0n) is 11.6. The molecule has 1 heterocycles. The first-order valence-corrected chi connectivity index (χ1v) is 7.74. The van der Waals surface area contributed by atoms with E-state index >= 15 is 0 Å². The summed E-state index contributed by atoms with van der Waals surface area (Å²) in [5.41, 5.74) is 0.238. The van der Waals surface area contributed by atoms with Crippen molar-refractivity contribution in [1.82, 2.24) is 4.98 Å². The van der Waals surface area contributed by atoms with Gasteiger partial charge in [0.05, 0.1) is 5.56 Å². The molecule has 0 aliphatic rings. The predicted octanol–water partition coefficient (Wildman–Crippen LogP) is 3.49. The average molecular weight is 290 g/mol. The molecule has 2 rings (SSSR count). The molecule has 0 radical (unpaired) electrons. The monoisotopic (exact) mass is 290 g/mol. The van der Waals surface area contributed by atoms with Crippen LogP contribution >= 0.6 is 11.8 Å². The van der Waals surface area contributed by atoms with E-state index in [1.807, 2.05) is 36.0 Å². The number of rotatable bonds is 6. The lowest BCUT2D eigenvalue weighted by atomic mass is 10.1. The highest BCUT2D eigenvalue weighted by Gasteiger charge is 2.13. The maximum Gasteiger partial charge on any atom is 0.337 e. The van der Waals surface area contributed by atoms with Crippen molar-refractivity contribution in [2.45, 2.75) is 19.9 Å². The van der Waals surface area contributed by atoms with Crippen molar-refractivity contribution in [3.05, 3.63) is 36.0 Å². The lowest BCUT2D eigenvalue weighted by molar-refractivity contribution is 0.0698. The number of aromatic carboxylic acids is 1. The molecule has 1 atom stereocenters. The summed E-state index contributed by atoms with van der Waals surface area (Å²) in [5.74, 6) is 1.87. The second-order valence-electron chi connectivity index (χ2n) is 4.58. The Hall–Kier alpha value is -1.75. The van der Waals surface area contributed by atoms with Crippen LogP contribution in [0, 0.1) is 0 Å². The molecule has 106 valence electrons. The van der Waals surface area contributed by atoms with Crippen LogP contribution in [0.5, 0.6) is 0 Å². The topological polar surface area (TPSA) is 62.2 Å². The van der Waals surface area contributed by atoms with Gasteiger partial charge in [-0.25, -0.2) is 9.78 Å². The van der Waals surface area contributed by atoms with Crippen molar-refractivity contribution in [2.75, 3.05) is 16.8 Å². The van der Waals surface area contributed by atoms with Crippen molar-refractivity contribution in [2.24, 2.45) is 0 Å². The van der Waals surface area contributed by atoms with Crippen LogP contribution in [0.1, 0.15) is 24.2 Å². The second-order valence-corrected chi connectivity index (χ2v) is 5.90. The predicted molar refractivity (Wildman–Crippen MR) is 84.8 cm³/mol. The van der Waals surface area contributed by atoms with Crippen LogP contribution in [-0.2, 0) is 0 Å². The number of aromatic nitrogens is 1. The van der Waals surface area contributed by atoms with Gasteiger partial charge in [0.15, 0.2) is 0 Å². The fourth-order valence-electron chi connectivity index (χ4n) is 2.05. The fraction of sp³-hybridized carbons (Fsp3) is 0.333. The zero-order chi connectivity index (χ0) is 14.5. The van der Waals surface area contributed by atoms with Gasteiger partial charge in [-0.15, -0.1) is 0 Å². The highest BCUT2D eigenvalue weighted by atomic mass is 32.2. The maximum absolute atomic E-state index is 11.2. The molecule has 0 saturated carbocycles. The van der Waals surface area contributed by atoms with E-state index in [0.29, 0.717) is 5.39 Å². The van der Waals surface area contributed by atoms with Gasteiger partial charge in [-0.1, -0.05) is 31.2 Å². The largest absolute Gasteiger partial charge is 0.478 e. The first-order chi connectivity index (χ1) is 9.63. The number of anilines is 1. The van der Waals surface area contributed by atoms with Gasteiger partial charge in [0.2, 0.25) is 0 Å². The summed E-state index contributed by atoms with van der Waals surface area (Å²) in [5, 5.41) is 14.1. The molecule has 1 aromatic carbocycles. The molecule has 2 aromatic rings. The molecule has 1 aromatic heterocycles. The van der Waals surface area contributed by atoms with E-state index in [0.717, 1.165) is 22.7 Å². The van der Waals surface area contributed by atoms with Gasteiger partial charge >= 0.3 is 5.97 Å². The number of nitrogens with one attached hydrogen (secondary N) is 1. The fourth-order valence-corrected chi connectivity index (χ4v) is 2.72. The van der Waals surface area contributed by atoms with Crippen molar-refractivity contribution in [1.29, 1.82) is 0 Å². The third-order valence-corrected chi connectivity index (χ3v) is 4.12. The Bertz CT molecular complexity index is 616. The number of fused-ring (bicyclic) bond motifs is 1. The zero-order valence-corrected chi connectivity index (χ0v) is 12.4. The third-order valence-electron chi connectivity index (χ3n) is 2.98. The lowest BCUT2D eigenvalue weighted by Gasteiger charge is -2.16. The number of benzene rings is 1. The second kappa shape index (κ2) is 6.61. The number of carboxylic acid groups (broad SMARTS) is 1. The normalized spacial score (nSPS) is 12.3. The highest BCUT2D eigenvalue weighted by molar-refractivity contribution is 7.99. The van der Waals surface area contributed by atoms with E-state index in [-0.39, 0.29) is 11.6 Å². The van der Waals surface area contributed by atoms with Crippen LogP contribution in [0.25, 0.3) is 10.8 Å². The highest BCUT2D eigenvalue weighted by Crippen LogP contribution is 2.25. The van der Waals surface area contributed by atoms with Crippen molar-refractivity contribution in [3.63, 3.8) is 0 Å². The molecule has 5 heteroatoms. The number of pyridine rings is 1. The number of nitrogens with zero attached hydrogens (tertiary/aromatic N) is 1. The summed E-state index contributed by atoms with van der Waals surface area (Å²) >= 11 is 1.86. The molecule has 0 amide bonds. The molecule has 0 saturated heterocycles. The lowest BCUT2D eigenvalue weighted by Crippen LogP contribution is -2.19. The minimum absolute atomic E-state index is 0.238. The molecule has 0 aliphatic heterocycles. The van der Waals surface area contributed by atoms with Crippen LogP contribution < -0.4 is 5.32 Å². The van der Waals surface area contributed by atoms with Gasteiger partial charge in [0, 0.05) is 28.8 Å². The minimum Gasteiger partial charge on any atom is -0.478 e. The van der Waals surface area contributed by atoms with Gasteiger partial charge in [-0.3, -0.25) is 0 Å². The van der Waals surface area contributed by atoms with E-state index in [1.54, 1.807) is 0 Å². The van der Waals surface area contributed by atoms with E-state index in [2.05, 4.69) is 24.1 Å². The summed E-state index contributed by atoms with van der Waals surface area (Å²) in [6, 6.07) is 7.74. The third kappa shape index (κ3) is 3.22. The van der Waals surface area contributed by atoms with Gasteiger partial charge in [0.1, 0.15) is 5.82 Å². The Morgan fingerprint density at radius 3 is 2.75 bits per heavy atom. The Morgan fingerprint density at radius 2 is 2.10 bits per heavy atom. The van der Waals surface area contributed by atoms with Crippen molar-refractivity contribution < 1.29 is 9.90 Å². The standard InChI is InChI=1S/C15H18N2O2S/c1-3-20-9-10(2)17-14-12-7-5-4-6-11(12)13(8-16-14)15(18)19/h4-8,10H,3,9H2,1-2H3,(H,16,17)(H,18,19). The van der Waals surface area contributed by atoms with Crippen LogP contribution in [0.4, 0.5) is 5.82 Å². The summed E-state index contributed by atoms with van der Waals surface area (Å²) in [7, 11) is 0. The molecular formula is C15H18N2O2S. The Morgan fingerprint density at radius 1 is 1.40 bits per heavy atom. The van der Waals surface area contributed by atoms with Gasteiger partial charge < -0.3 is 10.4 Å². The number of thioether (sulfide) groups is 1. The van der Waals surface area contributed by atoms with E-state index < -0.39 is 5.97 Å². The first kappa shape index (κ1) is 14.7. The molecular weight excluding hydrogens is 272 g/mol. The molecule has 0 aliphatic carbocycles. The number of carboxylic acids is 1. The van der Waals surface area contributed by atoms with Gasteiger partial charge in [0.25, 0.3) is 0 Å². The summed E-state index contributed by atoms with van der Waals surface area (Å²) in [6.45, 7) is 4.23. The molecule has 0 fully saturated rings. The summed E-state index contributed by atoms with van der Waals surface area (Å²) in [4.78, 5) is 15.5. The van der Waals surface area contributed by atoms with Gasteiger partial charge in [-0.05, 0) is 12.7 Å². The SMILES string of the molecule is CCSCC(C)Nc1ncc(C(=O)O)c2ccccc12. The smallest absolute Gasteiger partial charge is 0.337 e. The molecule has 4 nitrogen and oxygen atoms in total. The van der Waals surface area contributed by atoms with Crippen LogP contribution in [0.15, 0.2) is 30.5 Å².